The quantitative estimate of drug-likeness (QED) is 0.183. The number of halogens is 6. The van der Waals surface area contributed by atoms with Crippen LogP contribution in [0.1, 0.15) is 22.3 Å². The minimum absolute atomic E-state index is 0.609. The van der Waals surface area contributed by atoms with Gasteiger partial charge in [-0.15, -0.1) is 0 Å². The predicted octanol–water partition coefficient (Wildman–Crippen LogP) is 5.33. The molecule has 0 spiro atoms. The van der Waals surface area contributed by atoms with Crippen molar-refractivity contribution >= 4 is 39.0 Å². The van der Waals surface area contributed by atoms with Crippen LogP contribution < -0.4 is 4.46 Å². The van der Waals surface area contributed by atoms with Crippen LogP contribution in [0.25, 0.3) is 10.5 Å². The van der Waals surface area contributed by atoms with Gasteiger partial charge in [0.15, 0.2) is 10.1 Å². The van der Waals surface area contributed by atoms with Gasteiger partial charge in [0.2, 0.25) is 0 Å². The molecule has 34 heavy (non-hydrogen) atoms. The summed E-state index contributed by atoms with van der Waals surface area (Å²) in [7, 11) is -6.09. The molecule has 1 aliphatic rings. The molecule has 0 radical (unpaired) electrons. The van der Waals surface area contributed by atoms with Crippen molar-refractivity contribution in [2.75, 3.05) is 0 Å². The van der Waals surface area contributed by atoms with E-state index in [4.69, 9.17) is 13.0 Å². The third-order valence-corrected chi connectivity index (χ3v) is 10.1. The molecule has 3 aromatic rings. The van der Waals surface area contributed by atoms with Crippen molar-refractivity contribution in [2.24, 2.45) is 0 Å². The molecular formula is C23H16F6O3SSe. The molecule has 0 bridgehead atoms. The normalized spacial score (nSPS) is 17.1. The monoisotopic (exact) mass is 566 g/mol. The van der Waals surface area contributed by atoms with Crippen LogP contribution in [0.4, 0.5) is 26.3 Å². The van der Waals surface area contributed by atoms with Gasteiger partial charge in [-0.1, -0.05) is 0 Å². The molecule has 1 unspecified atom stereocenters. The fourth-order valence-corrected chi connectivity index (χ4v) is 8.08. The number of fused-ring (bicyclic) bond motifs is 1. The van der Waals surface area contributed by atoms with E-state index in [0.29, 0.717) is 0 Å². The Hall–Kier alpha value is -2.59. The van der Waals surface area contributed by atoms with Crippen molar-refractivity contribution in [1.29, 1.82) is 0 Å². The SMILES string of the molecule is FC(F)(F)c1ccc(/C=C2/c3ccccc3C[Se+]2c2ccccc2)cc1.O=S(=O)([O-])C(F)(F)F. The number of alkyl halides is 6. The number of benzene rings is 3. The maximum atomic E-state index is 12.8. The molecule has 11 heteroatoms. The molecule has 0 aromatic heterocycles. The molecule has 1 atom stereocenters. The molecule has 1 heterocycles. The summed E-state index contributed by atoms with van der Waals surface area (Å²) in [5.74, 6) is 0. The van der Waals surface area contributed by atoms with E-state index in [1.165, 1.54) is 20.1 Å². The Morgan fingerprint density at radius 2 is 1.32 bits per heavy atom. The van der Waals surface area contributed by atoms with E-state index in [1.54, 1.807) is 12.1 Å². The summed E-state index contributed by atoms with van der Waals surface area (Å²) in [4.78, 5) is 0. The maximum absolute atomic E-state index is 12.8. The Balaban J connectivity index is 0.000000350. The number of hydrogen-bond donors (Lipinski definition) is 0. The van der Waals surface area contributed by atoms with E-state index < -0.39 is 41.3 Å². The summed E-state index contributed by atoms with van der Waals surface area (Å²) in [6.45, 7) is 0. The maximum Gasteiger partial charge on any atom is 0.485 e. The van der Waals surface area contributed by atoms with Gasteiger partial charge >= 0.3 is 160 Å². The van der Waals surface area contributed by atoms with E-state index in [-0.39, 0.29) is 0 Å². The van der Waals surface area contributed by atoms with Crippen LogP contribution in [0, 0.1) is 0 Å². The molecule has 0 aliphatic carbocycles. The zero-order chi connectivity index (χ0) is 25.1. The van der Waals surface area contributed by atoms with Crippen molar-refractivity contribution in [3.05, 3.63) is 101 Å². The first-order valence-corrected chi connectivity index (χ1v) is 13.9. The van der Waals surface area contributed by atoms with E-state index in [2.05, 4.69) is 42.5 Å². The van der Waals surface area contributed by atoms with Gasteiger partial charge in [0.05, 0.1) is 0 Å². The second-order valence-electron chi connectivity index (χ2n) is 7.03. The Labute approximate surface area is 196 Å². The third-order valence-electron chi connectivity index (χ3n) is 4.70. The van der Waals surface area contributed by atoms with E-state index in [9.17, 15) is 26.3 Å². The molecule has 0 fully saturated rings. The molecule has 4 rings (SSSR count). The summed E-state index contributed by atoms with van der Waals surface area (Å²) >= 11 is -1.25. The second kappa shape index (κ2) is 9.95. The molecule has 1 aliphatic heterocycles. The summed E-state index contributed by atoms with van der Waals surface area (Å²) in [6.07, 6.45) is -2.23. The molecule has 3 nitrogen and oxygen atoms in total. The Morgan fingerprint density at radius 3 is 1.85 bits per heavy atom. The third kappa shape index (κ3) is 6.29. The standard InChI is InChI=1S/C22H16F3Se.CHF3O3S/c23-22(24,25)18-12-10-16(11-13-18)14-21-20-9-5-4-6-17(20)15-26(21)19-7-2-1-3-8-19;2-1(3,4)8(5,6)7/h1-14H,15H2;(H,5,6,7)/q+1;/p-1/b21-14-;. The fourth-order valence-electron chi connectivity index (χ4n) is 3.12. The van der Waals surface area contributed by atoms with Crippen LogP contribution in [-0.4, -0.2) is 32.4 Å². The van der Waals surface area contributed by atoms with E-state index in [1.807, 2.05) is 18.2 Å². The van der Waals surface area contributed by atoms with E-state index in [0.717, 1.165) is 23.0 Å². The van der Waals surface area contributed by atoms with Gasteiger partial charge in [-0.05, 0) is 0 Å². The molecule has 3 aromatic carbocycles. The first-order chi connectivity index (χ1) is 15.8. The molecule has 180 valence electrons. The zero-order valence-corrected chi connectivity index (χ0v) is 19.6. The Morgan fingerprint density at radius 1 is 0.794 bits per heavy atom. The molecule has 0 saturated heterocycles. The van der Waals surface area contributed by atoms with Crippen LogP contribution in [-0.2, 0) is 21.6 Å². The van der Waals surface area contributed by atoms with Gasteiger partial charge < -0.3 is 4.55 Å². The molecule has 0 N–H and O–H groups in total. The molecular weight excluding hydrogens is 549 g/mol. The van der Waals surface area contributed by atoms with Gasteiger partial charge in [-0.3, -0.25) is 0 Å². The largest absolute Gasteiger partial charge is 0.741 e. The van der Waals surface area contributed by atoms with Crippen molar-refractivity contribution in [3.63, 3.8) is 0 Å². The van der Waals surface area contributed by atoms with Gasteiger partial charge in [0, 0.05) is 0 Å². The van der Waals surface area contributed by atoms with Crippen LogP contribution >= 0.6 is 0 Å². The number of hydrogen-bond acceptors (Lipinski definition) is 3. The topological polar surface area (TPSA) is 57.2 Å². The first kappa shape index (κ1) is 26.0. The average Bonchev–Trinajstić information content (AvgIpc) is 3.12. The Bertz CT molecular complexity index is 1270. The predicted molar refractivity (Wildman–Crippen MR) is 117 cm³/mol. The summed E-state index contributed by atoms with van der Waals surface area (Å²) < 4.78 is 99.9. The van der Waals surface area contributed by atoms with Crippen LogP contribution in [0.3, 0.4) is 0 Å². The fraction of sp³-hybridized carbons (Fsp3) is 0.130. The molecule has 0 amide bonds. The second-order valence-corrected chi connectivity index (χ2v) is 12.6. The zero-order valence-electron chi connectivity index (χ0n) is 17.1. The summed E-state index contributed by atoms with van der Waals surface area (Å²) in [6, 6.07) is 24.2. The minimum Gasteiger partial charge on any atom is -0.741 e. The van der Waals surface area contributed by atoms with Crippen molar-refractivity contribution in [1.82, 2.24) is 0 Å². The van der Waals surface area contributed by atoms with Crippen molar-refractivity contribution in [3.8, 4) is 0 Å². The Kier molecular flexibility index (Phi) is 7.62. The van der Waals surface area contributed by atoms with E-state index >= 15 is 0 Å². The van der Waals surface area contributed by atoms with Crippen molar-refractivity contribution < 1.29 is 39.3 Å². The minimum atomic E-state index is -6.09. The van der Waals surface area contributed by atoms with Gasteiger partial charge in [-0.25, -0.2) is 8.42 Å². The number of rotatable bonds is 2. The van der Waals surface area contributed by atoms with Gasteiger partial charge in [0.25, 0.3) is 0 Å². The van der Waals surface area contributed by atoms with Crippen LogP contribution in [0.5, 0.6) is 0 Å². The summed E-state index contributed by atoms with van der Waals surface area (Å²) in [5, 5.41) is 1.03. The van der Waals surface area contributed by atoms with Crippen LogP contribution in [0.15, 0.2) is 78.9 Å². The first-order valence-electron chi connectivity index (χ1n) is 9.53. The average molecular weight is 565 g/mol. The van der Waals surface area contributed by atoms with Gasteiger partial charge in [-0.2, -0.15) is 13.2 Å². The smallest absolute Gasteiger partial charge is 0.485 e. The van der Waals surface area contributed by atoms with Crippen molar-refractivity contribution in [2.45, 2.75) is 17.0 Å². The van der Waals surface area contributed by atoms with Crippen LogP contribution in [0.2, 0.25) is 0 Å². The van der Waals surface area contributed by atoms with Gasteiger partial charge in [0.1, 0.15) is 0 Å². The molecule has 0 saturated carbocycles. The summed E-state index contributed by atoms with van der Waals surface area (Å²) in [5.41, 5.74) is -2.87.